The third-order valence-electron chi connectivity index (χ3n) is 5.75. The second-order valence-electron chi connectivity index (χ2n) is 7.87. The van der Waals surface area contributed by atoms with Gasteiger partial charge in [0.1, 0.15) is 17.0 Å². The molecule has 0 spiro atoms. The quantitative estimate of drug-likeness (QED) is 0.831. The molecule has 0 aromatic heterocycles. The van der Waals surface area contributed by atoms with Crippen molar-refractivity contribution in [1.82, 2.24) is 5.01 Å². The predicted molar refractivity (Wildman–Crippen MR) is 92.1 cm³/mol. The minimum absolute atomic E-state index is 0.00594. The number of carbonyl (C=O) groups excluding carboxylic acids is 1. The first kappa shape index (κ1) is 16.9. The molecule has 0 saturated heterocycles. The van der Waals surface area contributed by atoms with Gasteiger partial charge in [-0.15, -0.1) is 5.10 Å². The van der Waals surface area contributed by atoms with E-state index in [0.717, 1.165) is 0 Å². The molecule has 136 valence electrons. The van der Waals surface area contributed by atoms with Crippen molar-refractivity contribution in [1.29, 1.82) is 5.26 Å². The van der Waals surface area contributed by atoms with Crippen LogP contribution in [0.4, 0.5) is 0 Å². The van der Waals surface area contributed by atoms with Gasteiger partial charge in [0.2, 0.25) is 11.8 Å². The number of ether oxygens (including phenoxy) is 2. The Morgan fingerprint density at radius 1 is 1.38 bits per heavy atom. The number of rotatable bonds is 1. The lowest BCUT2D eigenvalue weighted by Gasteiger charge is -2.49. The molecule has 2 aliphatic heterocycles. The molecule has 2 heterocycles. The van der Waals surface area contributed by atoms with Crippen molar-refractivity contribution in [3.8, 4) is 11.8 Å². The fraction of sp³-hybridized carbons (Fsp3) is 0.526. The van der Waals surface area contributed by atoms with Crippen LogP contribution in [0.1, 0.15) is 44.4 Å². The van der Waals surface area contributed by atoms with Crippen molar-refractivity contribution >= 4 is 11.8 Å². The maximum Gasteiger partial charge on any atom is 0.246 e. The molecule has 0 radical (unpaired) electrons. The summed E-state index contributed by atoms with van der Waals surface area (Å²) in [5.74, 6) is 0.888. The number of hydrogen-bond donors (Lipinski definition) is 1. The van der Waals surface area contributed by atoms with Gasteiger partial charge in [0.15, 0.2) is 6.10 Å². The second kappa shape index (κ2) is 5.21. The predicted octanol–water partition coefficient (Wildman–Crippen LogP) is 1.96. The van der Waals surface area contributed by atoms with E-state index in [9.17, 15) is 15.2 Å². The first-order chi connectivity index (χ1) is 12.2. The Labute approximate surface area is 151 Å². The van der Waals surface area contributed by atoms with Crippen molar-refractivity contribution in [2.45, 2.75) is 44.5 Å². The summed E-state index contributed by atoms with van der Waals surface area (Å²) in [6, 6.07) is 7.17. The van der Waals surface area contributed by atoms with Crippen molar-refractivity contribution in [2.75, 3.05) is 7.05 Å². The lowest BCUT2D eigenvalue weighted by atomic mass is 9.77. The number of nitriles is 1. The SMILES string of the molecule is CN1N=C(O[C@@H]2c3cc(C#N)ccc3OC(C)(C)[C@@]2(C)O)C2CC2C1=O. The van der Waals surface area contributed by atoms with Gasteiger partial charge in [-0.05, 0) is 45.4 Å². The van der Waals surface area contributed by atoms with E-state index in [-0.39, 0.29) is 17.7 Å². The second-order valence-corrected chi connectivity index (χ2v) is 7.87. The smallest absolute Gasteiger partial charge is 0.246 e. The molecule has 1 amide bonds. The van der Waals surface area contributed by atoms with Crippen LogP contribution in [0.3, 0.4) is 0 Å². The molecule has 2 unspecified atom stereocenters. The van der Waals surface area contributed by atoms with E-state index in [1.54, 1.807) is 46.0 Å². The molecule has 1 saturated carbocycles. The van der Waals surface area contributed by atoms with Gasteiger partial charge in [-0.25, -0.2) is 5.01 Å². The molecule has 4 atom stereocenters. The summed E-state index contributed by atoms with van der Waals surface area (Å²) >= 11 is 0. The molecule has 1 fully saturated rings. The normalized spacial score (nSPS) is 34.0. The number of hydrazone groups is 1. The molecule has 4 rings (SSSR count). The van der Waals surface area contributed by atoms with Crippen LogP contribution in [0, 0.1) is 23.2 Å². The average molecular weight is 355 g/mol. The summed E-state index contributed by atoms with van der Waals surface area (Å²) in [7, 11) is 1.61. The minimum atomic E-state index is -1.37. The zero-order chi connectivity index (χ0) is 18.9. The summed E-state index contributed by atoms with van der Waals surface area (Å²) in [6.07, 6.45) is -0.0573. The molecular weight excluding hydrogens is 334 g/mol. The number of nitrogens with zero attached hydrogens (tertiary/aromatic N) is 3. The zero-order valence-corrected chi connectivity index (χ0v) is 15.2. The molecule has 1 aromatic rings. The van der Waals surface area contributed by atoms with E-state index < -0.39 is 17.3 Å². The number of benzene rings is 1. The maximum absolute atomic E-state index is 12.0. The lowest BCUT2D eigenvalue weighted by molar-refractivity contribution is -0.179. The van der Waals surface area contributed by atoms with Gasteiger partial charge in [0.05, 0.1) is 17.6 Å². The Kier molecular flexibility index (Phi) is 3.38. The highest BCUT2D eigenvalue weighted by Gasteiger charge is 2.57. The molecule has 1 N–H and O–H groups in total. The van der Waals surface area contributed by atoms with Crippen molar-refractivity contribution in [3.05, 3.63) is 29.3 Å². The van der Waals surface area contributed by atoms with Crippen LogP contribution < -0.4 is 4.74 Å². The number of carbonyl (C=O) groups is 1. The van der Waals surface area contributed by atoms with Crippen molar-refractivity contribution in [2.24, 2.45) is 16.9 Å². The fourth-order valence-corrected chi connectivity index (χ4v) is 3.57. The van der Waals surface area contributed by atoms with Crippen LogP contribution in [0.15, 0.2) is 23.3 Å². The highest BCUT2D eigenvalue weighted by atomic mass is 16.6. The highest BCUT2D eigenvalue weighted by Crippen LogP contribution is 2.51. The number of hydrogen-bond acceptors (Lipinski definition) is 6. The Balaban J connectivity index is 1.77. The average Bonchev–Trinajstić information content (AvgIpc) is 3.37. The van der Waals surface area contributed by atoms with Gasteiger partial charge in [-0.2, -0.15) is 5.26 Å². The van der Waals surface area contributed by atoms with Crippen molar-refractivity contribution < 1.29 is 19.4 Å². The van der Waals surface area contributed by atoms with Crippen LogP contribution in [0.2, 0.25) is 0 Å². The number of fused-ring (bicyclic) bond motifs is 2. The highest BCUT2D eigenvalue weighted by molar-refractivity contribution is 5.96. The first-order valence-electron chi connectivity index (χ1n) is 8.64. The Morgan fingerprint density at radius 2 is 2.12 bits per heavy atom. The maximum atomic E-state index is 12.0. The van der Waals surface area contributed by atoms with Crippen molar-refractivity contribution in [3.63, 3.8) is 0 Å². The van der Waals surface area contributed by atoms with Gasteiger partial charge in [-0.1, -0.05) is 0 Å². The summed E-state index contributed by atoms with van der Waals surface area (Å²) in [5, 5.41) is 26.1. The van der Waals surface area contributed by atoms with Crippen LogP contribution >= 0.6 is 0 Å². The van der Waals surface area contributed by atoms with Gasteiger partial charge >= 0.3 is 0 Å². The van der Waals surface area contributed by atoms with Crippen LogP contribution in [0.5, 0.6) is 5.75 Å². The third-order valence-corrected chi connectivity index (χ3v) is 5.75. The van der Waals surface area contributed by atoms with Gasteiger partial charge < -0.3 is 14.6 Å². The largest absolute Gasteiger partial charge is 0.484 e. The standard InChI is InChI=1S/C19H21N3O4/c1-18(2)19(3,24)15(13-7-10(9-20)5-6-14(13)26-18)25-16-11-8-12(11)17(23)22(4)21-16/h5-7,11-12,15,24H,8H2,1-4H3/t11?,12?,15-,19+/m1/s1. The van der Waals surface area contributed by atoms with E-state index in [2.05, 4.69) is 11.2 Å². The van der Waals surface area contributed by atoms with Gasteiger partial charge in [0.25, 0.3) is 0 Å². The topological polar surface area (TPSA) is 95.2 Å². The van der Waals surface area contributed by atoms with E-state index in [1.807, 2.05) is 0 Å². The fourth-order valence-electron chi connectivity index (χ4n) is 3.57. The lowest BCUT2D eigenvalue weighted by Crippen LogP contribution is -2.59. The number of aliphatic hydroxyl groups is 1. The Morgan fingerprint density at radius 3 is 2.81 bits per heavy atom. The van der Waals surface area contributed by atoms with Gasteiger partial charge in [-0.3, -0.25) is 4.79 Å². The van der Waals surface area contributed by atoms with Crippen LogP contribution in [-0.2, 0) is 9.53 Å². The molecule has 1 aliphatic carbocycles. The molecule has 7 heteroatoms. The molecule has 0 bridgehead atoms. The van der Waals surface area contributed by atoms with Gasteiger partial charge in [0, 0.05) is 18.5 Å². The minimum Gasteiger partial charge on any atom is -0.484 e. The third kappa shape index (κ3) is 2.29. The van der Waals surface area contributed by atoms with E-state index in [1.165, 1.54) is 5.01 Å². The zero-order valence-electron chi connectivity index (χ0n) is 15.2. The molecule has 7 nitrogen and oxygen atoms in total. The summed E-state index contributed by atoms with van der Waals surface area (Å²) in [4.78, 5) is 12.0. The molecular formula is C19H21N3O4. The molecule has 1 aromatic carbocycles. The summed E-state index contributed by atoms with van der Waals surface area (Å²) in [6.45, 7) is 5.24. The van der Waals surface area contributed by atoms with Crippen LogP contribution in [0.25, 0.3) is 0 Å². The van der Waals surface area contributed by atoms with Crippen LogP contribution in [-0.4, -0.2) is 40.2 Å². The van der Waals surface area contributed by atoms with E-state index in [0.29, 0.717) is 29.2 Å². The Bertz CT molecular complexity index is 868. The molecule has 3 aliphatic rings. The Hall–Kier alpha value is -2.59. The van der Waals surface area contributed by atoms with E-state index in [4.69, 9.17) is 9.47 Å². The monoisotopic (exact) mass is 355 g/mol. The first-order valence-corrected chi connectivity index (χ1v) is 8.64. The molecule has 26 heavy (non-hydrogen) atoms. The number of amides is 1. The van der Waals surface area contributed by atoms with E-state index >= 15 is 0 Å². The summed E-state index contributed by atoms with van der Waals surface area (Å²) in [5.41, 5.74) is -1.23. The summed E-state index contributed by atoms with van der Waals surface area (Å²) < 4.78 is 12.2.